The van der Waals surface area contributed by atoms with Crippen LogP contribution in [0, 0.1) is 0 Å². The summed E-state index contributed by atoms with van der Waals surface area (Å²) in [5.41, 5.74) is 2.71. The van der Waals surface area contributed by atoms with Gasteiger partial charge in [0, 0.05) is 12.1 Å². The highest BCUT2D eigenvalue weighted by atomic mass is 16.5. The number of imidazole rings is 1. The maximum absolute atomic E-state index is 12.9. The molecule has 0 saturated heterocycles. The van der Waals surface area contributed by atoms with Crippen molar-refractivity contribution < 1.29 is 19.1 Å². The van der Waals surface area contributed by atoms with Crippen LogP contribution in [-0.4, -0.2) is 35.2 Å². The molecule has 0 N–H and O–H groups in total. The number of carbonyl (C=O) groups is 2. The van der Waals surface area contributed by atoms with Crippen LogP contribution in [-0.2, 0) is 17.8 Å². The van der Waals surface area contributed by atoms with Gasteiger partial charge in [-0.25, -0.2) is 4.79 Å². The Balaban J connectivity index is 2.12. The number of amides is 1. The molecular weight excluding hydrogens is 358 g/mol. The minimum Gasteiger partial charge on any atom is -0.497 e. The van der Waals surface area contributed by atoms with Gasteiger partial charge in [-0.3, -0.25) is 4.79 Å². The molecule has 3 rings (SSSR count). The summed E-state index contributed by atoms with van der Waals surface area (Å²) in [5.74, 6) is 0.596. The minimum absolute atomic E-state index is 0.0549. The summed E-state index contributed by atoms with van der Waals surface area (Å²) >= 11 is 0. The molecule has 0 atom stereocenters. The van der Waals surface area contributed by atoms with E-state index in [4.69, 9.17) is 9.47 Å². The van der Waals surface area contributed by atoms with Gasteiger partial charge in [-0.2, -0.15) is 0 Å². The van der Waals surface area contributed by atoms with Gasteiger partial charge in [-0.05, 0) is 42.8 Å². The SMILES string of the molecule is CCCn1/c(=N\C(=O)OC)n(CC(=O)c2ccc(OC)cc2)c2ccccc21. The number of para-hydroxylation sites is 2. The Morgan fingerprint density at radius 1 is 0.964 bits per heavy atom. The lowest BCUT2D eigenvalue weighted by atomic mass is 10.1. The van der Waals surface area contributed by atoms with E-state index >= 15 is 0 Å². The van der Waals surface area contributed by atoms with E-state index in [0.29, 0.717) is 23.5 Å². The Kier molecular flexibility index (Phi) is 5.93. The molecule has 3 aromatic rings. The zero-order valence-corrected chi connectivity index (χ0v) is 16.2. The molecule has 0 fully saturated rings. The summed E-state index contributed by atoms with van der Waals surface area (Å²) < 4.78 is 13.6. The van der Waals surface area contributed by atoms with Crippen molar-refractivity contribution in [1.82, 2.24) is 9.13 Å². The summed E-state index contributed by atoms with van der Waals surface area (Å²) in [7, 11) is 2.86. The first-order chi connectivity index (χ1) is 13.6. The molecule has 0 spiro atoms. The molecule has 1 amide bonds. The average Bonchev–Trinajstić information content (AvgIpc) is 3.01. The third-order valence-corrected chi connectivity index (χ3v) is 4.47. The number of rotatable bonds is 6. The van der Waals surface area contributed by atoms with E-state index in [9.17, 15) is 9.59 Å². The third kappa shape index (κ3) is 3.83. The molecule has 0 radical (unpaired) electrons. The van der Waals surface area contributed by atoms with E-state index in [2.05, 4.69) is 4.99 Å². The summed E-state index contributed by atoms with van der Waals surface area (Å²) in [6.45, 7) is 2.77. The molecule has 7 heteroatoms. The van der Waals surface area contributed by atoms with Crippen molar-refractivity contribution in [3.63, 3.8) is 0 Å². The van der Waals surface area contributed by atoms with Crippen LogP contribution in [0.2, 0.25) is 0 Å². The quantitative estimate of drug-likeness (QED) is 0.613. The lowest BCUT2D eigenvalue weighted by Crippen LogP contribution is -2.30. The Hall–Kier alpha value is -3.35. The molecule has 28 heavy (non-hydrogen) atoms. The summed E-state index contributed by atoms with van der Waals surface area (Å²) in [6, 6.07) is 14.6. The maximum atomic E-state index is 12.9. The summed E-state index contributed by atoms with van der Waals surface area (Å²) in [5, 5.41) is 0. The van der Waals surface area contributed by atoms with Gasteiger partial charge >= 0.3 is 6.09 Å². The van der Waals surface area contributed by atoms with Gasteiger partial charge in [-0.15, -0.1) is 4.99 Å². The highest BCUT2D eigenvalue weighted by Crippen LogP contribution is 2.16. The topological polar surface area (TPSA) is 74.8 Å². The molecule has 0 aliphatic rings. The number of carbonyl (C=O) groups excluding carboxylic acids is 2. The van der Waals surface area contributed by atoms with E-state index in [1.54, 1.807) is 35.9 Å². The van der Waals surface area contributed by atoms with Crippen molar-refractivity contribution in [1.29, 1.82) is 0 Å². The van der Waals surface area contributed by atoms with Crippen LogP contribution < -0.4 is 10.4 Å². The van der Waals surface area contributed by atoms with Gasteiger partial charge in [-0.1, -0.05) is 19.1 Å². The Morgan fingerprint density at radius 2 is 1.61 bits per heavy atom. The number of hydrogen-bond donors (Lipinski definition) is 0. The average molecular weight is 381 g/mol. The standard InChI is InChI=1S/C21H23N3O4/c1-4-13-23-17-7-5-6-8-18(17)24(20(23)22-21(26)28-3)14-19(25)15-9-11-16(27-2)12-10-15/h5-12H,4,13-14H2,1-3H3/b22-20+. The van der Waals surface area contributed by atoms with Crippen LogP contribution in [0.1, 0.15) is 23.7 Å². The molecule has 0 aliphatic heterocycles. The van der Waals surface area contributed by atoms with Crippen molar-refractivity contribution in [2.45, 2.75) is 26.4 Å². The number of ether oxygens (including phenoxy) is 2. The zero-order valence-electron chi connectivity index (χ0n) is 16.2. The number of Topliss-reactive ketones (excluding diaryl/α,β-unsaturated/α-hetero) is 1. The van der Waals surface area contributed by atoms with Crippen molar-refractivity contribution >= 4 is 22.9 Å². The number of ketones is 1. The van der Waals surface area contributed by atoms with Gasteiger partial charge in [0.05, 0.1) is 31.8 Å². The molecule has 2 aromatic carbocycles. The fourth-order valence-corrected chi connectivity index (χ4v) is 3.14. The second-order valence-electron chi connectivity index (χ2n) is 6.26. The lowest BCUT2D eigenvalue weighted by molar-refractivity contribution is 0.0971. The highest BCUT2D eigenvalue weighted by Gasteiger charge is 2.16. The van der Waals surface area contributed by atoms with Crippen LogP contribution in [0.3, 0.4) is 0 Å². The smallest absolute Gasteiger partial charge is 0.436 e. The van der Waals surface area contributed by atoms with Crippen LogP contribution in [0.15, 0.2) is 53.5 Å². The van der Waals surface area contributed by atoms with Gasteiger partial charge < -0.3 is 18.6 Å². The summed E-state index contributed by atoms with van der Waals surface area (Å²) in [4.78, 5) is 28.9. The van der Waals surface area contributed by atoms with Gasteiger partial charge in [0.15, 0.2) is 5.78 Å². The van der Waals surface area contributed by atoms with Gasteiger partial charge in [0.2, 0.25) is 5.62 Å². The van der Waals surface area contributed by atoms with Crippen LogP contribution in [0.25, 0.3) is 11.0 Å². The molecule has 0 aliphatic carbocycles. The monoisotopic (exact) mass is 381 g/mol. The Morgan fingerprint density at radius 3 is 2.18 bits per heavy atom. The van der Waals surface area contributed by atoms with E-state index in [1.807, 2.05) is 35.8 Å². The first kappa shape index (κ1) is 19.4. The van der Waals surface area contributed by atoms with E-state index < -0.39 is 6.09 Å². The molecule has 0 unspecified atom stereocenters. The van der Waals surface area contributed by atoms with Crippen LogP contribution >= 0.6 is 0 Å². The van der Waals surface area contributed by atoms with E-state index in [0.717, 1.165) is 17.5 Å². The van der Waals surface area contributed by atoms with Crippen molar-refractivity contribution in [2.75, 3.05) is 14.2 Å². The minimum atomic E-state index is -0.703. The van der Waals surface area contributed by atoms with Gasteiger partial charge in [0.1, 0.15) is 5.75 Å². The molecule has 7 nitrogen and oxygen atoms in total. The van der Waals surface area contributed by atoms with Crippen molar-refractivity contribution in [3.05, 3.63) is 59.7 Å². The number of methoxy groups -OCH3 is 2. The second kappa shape index (κ2) is 8.56. The first-order valence-electron chi connectivity index (χ1n) is 9.07. The number of hydrogen-bond acceptors (Lipinski definition) is 4. The molecular formula is C21H23N3O4. The Bertz CT molecular complexity index is 1060. The number of benzene rings is 2. The van der Waals surface area contributed by atoms with Crippen LogP contribution in [0.5, 0.6) is 5.75 Å². The zero-order chi connectivity index (χ0) is 20.1. The van der Waals surface area contributed by atoms with E-state index in [-0.39, 0.29) is 12.3 Å². The first-order valence-corrected chi connectivity index (χ1v) is 9.07. The highest BCUT2D eigenvalue weighted by molar-refractivity contribution is 5.96. The molecule has 146 valence electrons. The molecule has 1 heterocycles. The van der Waals surface area contributed by atoms with Crippen molar-refractivity contribution in [3.8, 4) is 5.75 Å². The molecule has 1 aromatic heterocycles. The Labute approximate surface area is 162 Å². The van der Waals surface area contributed by atoms with E-state index in [1.165, 1.54) is 7.11 Å². The van der Waals surface area contributed by atoms with Crippen molar-refractivity contribution in [2.24, 2.45) is 4.99 Å². The summed E-state index contributed by atoms with van der Waals surface area (Å²) in [6.07, 6.45) is 0.153. The predicted octanol–water partition coefficient (Wildman–Crippen LogP) is 3.41. The number of fused-ring (bicyclic) bond motifs is 1. The molecule has 0 bridgehead atoms. The second-order valence-corrected chi connectivity index (χ2v) is 6.26. The number of aromatic nitrogens is 2. The van der Waals surface area contributed by atoms with Gasteiger partial charge in [0.25, 0.3) is 0 Å². The lowest BCUT2D eigenvalue weighted by Gasteiger charge is -2.06. The fourth-order valence-electron chi connectivity index (χ4n) is 3.14. The maximum Gasteiger partial charge on any atom is 0.436 e. The number of aryl methyl sites for hydroxylation is 1. The predicted molar refractivity (Wildman–Crippen MR) is 106 cm³/mol. The molecule has 0 saturated carbocycles. The number of nitrogens with zero attached hydrogens (tertiary/aromatic N) is 3. The third-order valence-electron chi connectivity index (χ3n) is 4.47. The largest absolute Gasteiger partial charge is 0.497 e. The normalized spacial score (nSPS) is 11.6. The fraction of sp³-hybridized carbons (Fsp3) is 0.286. The van der Waals surface area contributed by atoms with Crippen LogP contribution in [0.4, 0.5) is 4.79 Å².